The molecule has 0 spiro atoms. The van der Waals surface area contributed by atoms with Gasteiger partial charge in [-0.15, -0.1) is 0 Å². The molecular formula is C21H24N4O4. The predicted molar refractivity (Wildman–Crippen MR) is 107 cm³/mol. The fourth-order valence-corrected chi connectivity index (χ4v) is 4.71. The zero-order valence-corrected chi connectivity index (χ0v) is 16.5. The third kappa shape index (κ3) is 3.12. The maximum Gasteiger partial charge on any atom is 0.407 e. The molecule has 2 saturated heterocycles. The third-order valence-corrected chi connectivity index (χ3v) is 6.11. The van der Waals surface area contributed by atoms with Gasteiger partial charge in [-0.2, -0.15) is 0 Å². The molecule has 2 aromatic rings. The number of nitrogens with one attached hydrogen (secondary N) is 1. The molecule has 3 heterocycles. The van der Waals surface area contributed by atoms with Crippen LogP contribution in [0.1, 0.15) is 37.0 Å². The van der Waals surface area contributed by atoms with Crippen LogP contribution in [0.3, 0.4) is 0 Å². The fourth-order valence-electron chi connectivity index (χ4n) is 4.71. The number of hydrogen-bond acceptors (Lipinski definition) is 6. The molecule has 2 amide bonds. The average Bonchev–Trinajstić information content (AvgIpc) is 3.16. The van der Waals surface area contributed by atoms with Crippen LogP contribution in [0.4, 0.5) is 10.5 Å². The molecule has 0 bridgehead atoms. The van der Waals surface area contributed by atoms with Gasteiger partial charge in [-0.05, 0) is 36.5 Å². The van der Waals surface area contributed by atoms with Crippen LogP contribution >= 0.6 is 0 Å². The number of alkyl carbamates (subject to hydrolysis) is 1. The molecule has 0 radical (unpaired) electrons. The number of ether oxygens (including phenoxy) is 2. The summed E-state index contributed by atoms with van der Waals surface area (Å²) in [5, 5.41) is 3.73. The highest BCUT2D eigenvalue weighted by Gasteiger charge is 2.42. The fraction of sp³-hybridized carbons (Fsp3) is 0.476. The molecular weight excluding hydrogens is 372 g/mol. The Morgan fingerprint density at radius 1 is 1.34 bits per heavy atom. The molecule has 2 aliphatic heterocycles. The lowest BCUT2D eigenvalue weighted by molar-refractivity contribution is 0.0102. The van der Waals surface area contributed by atoms with E-state index in [4.69, 9.17) is 15.2 Å². The minimum absolute atomic E-state index is 0.0245. The summed E-state index contributed by atoms with van der Waals surface area (Å²) in [5.74, 6) is -0.0248. The summed E-state index contributed by atoms with van der Waals surface area (Å²) < 4.78 is 11.5. The number of amides is 2. The molecule has 3 fully saturated rings. The van der Waals surface area contributed by atoms with Gasteiger partial charge in [0.1, 0.15) is 11.9 Å². The van der Waals surface area contributed by atoms with E-state index < -0.39 is 5.91 Å². The summed E-state index contributed by atoms with van der Waals surface area (Å²) in [4.78, 5) is 30.0. The molecule has 3 aliphatic rings. The topological polar surface area (TPSA) is 107 Å². The quantitative estimate of drug-likeness (QED) is 0.821. The zero-order valence-electron chi connectivity index (χ0n) is 16.5. The van der Waals surface area contributed by atoms with Crippen molar-refractivity contribution in [3.8, 4) is 5.75 Å². The lowest BCUT2D eigenvalue weighted by Crippen LogP contribution is -2.40. The number of aromatic nitrogens is 1. The van der Waals surface area contributed by atoms with Crippen LogP contribution in [0.25, 0.3) is 10.9 Å². The molecule has 3 N–H and O–H groups in total. The van der Waals surface area contributed by atoms with Gasteiger partial charge in [0.2, 0.25) is 0 Å². The van der Waals surface area contributed by atoms with Crippen LogP contribution < -0.4 is 20.7 Å². The van der Waals surface area contributed by atoms with E-state index in [1.165, 1.54) is 0 Å². The predicted octanol–water partition coefficient (Wildman–Crippen LogP) is 2.20. The Morgan fingerprint density at radius 3 is 2.83 bits per heavy atom. The van der Waals surface area contributed by atoms with E-state index in [1.54, 1.807) is 12.3 Å². The number of fused-ring (bicyclic) bond motifs is 2. The first-order valence-electron chi connectivity index (χ1n) is 9.90. The highest BCUT2D eigenvalue weighted by molar-refractivity contribution is 6.02. The number of anilines is 1. The van der Waals surface area contributed by atoms with Gasteiger partial charge in [0.25, 0.3) is 5.91 Å². The van der Waals surface area contributed by atoms with Crippen molar-refractivity contribution in [2.24, 2.45) is 11.1 Å². The second kappa shape index (κ2) is 6.23. The summed E-state index contributed by atoms with van der Waals surface area (Å²) in [6.45, 7) is 5.66. The average molecular weight is 396 g/mol. The molecule has 5 rings (SSSR count). The molecule has 152 valence electrons. The number of hydrogen-bond donors (Lipinski definition) is 2. The van der Waals surface area contributed by atoms with E-state index in [0.29, 0.717) is 29.9 Å². The van der Waals surface area contributed by atoms with Gasteiger partial charge in [0.15, 0.2) is 0 Å². The van der Waals surface area contributed by atoms with E-state index >= 15 is 0 Å². The van der Waals surface area contributed by atoms with E-state index in [-0.39, 0.29) is 29.8 Å². The first-order valence-corrected chi connectivity index (χ1v) is 9.90. The number of pyridine rings is 1. The summed E-state index contributed by atoms with van der Waals surface area (Å²) in [7, 11) is 0. The monoisotopic (exact) mass is 396 g/mol. The largest absolute Gasteiger partial charge is 0.490 e. The highest BCUT2D eigenvalue weighted by Crippen LogP contribution is 2.43. The maximum atomic E-state index is 12.0. The van der Waals surface area contributed by atoms with Crippen molar-refractivity contribution in [2.75, 3.05) is 18.0 Å². The van der Waals surface area contributed by atoms with Gasteiger partial charge < -0.3 is 25.4 Å². The molecule has 1 saturated carbocycles. The third-order valence-electron chi connectivity index (χ3n) is 6.11. The van der Waals surface area contributed by atoms with E-state index in [1.807, 2.05) is 12.1 Å². The standard InChI is InChI=1S/C21H24N4O4/c1-21(2)7-11(8-21)28-17-6-12-14(5-13(17)19(22)26)23-4-3-16(12)25-9-15-18(10-25)29-20(27)24-15/h3-6,11,15,18H,7-10H2,1-2H3,(H2,22,26)(H,24,27)/t15-,18+/m1/s1. The van der Waals surface area contributed by atoms with Crippen LogP contribution in [-0.4, -0.2) is 48.3 Å². The number of nitrogens with zero attached hydrogens (tertiary/aromatic N) is 2. The number of rotatable bonds is 4. The SMILES string of the molecule is CC1(C)CC(Oc2cc3c(N4C[C@@H]5OC(=O)N[C@@H]5C4)ccnc3cc2C(N)=O)C1. The second-order valence-electron chi connectivity index (χ2n) is 8.97. The Bertz CT molecular complexity index is 997. The van der Waals surface area contributed by atoms with Crippen molar-refractivity contribution in [2.45, 2.75) is 44.9 Å². The lowest BCUT2D eigenvalue weighted by Gasteiger charge is -2.42. The van der Waals surface area contributed by atoms with Crippen LogP contribution in [0.5, 0.6) is 5.75 Å². The minimum atomic E-state index is -0.528. The Hall–Kier alpha value is -3.03. The van der Waals surface area contributed by atoms with Crippen LogP contribution in [-0.2, 0) is 4.74 Å². The molecule has 1 aromatic carbocycles. The molecule has 1 aliphatic carbocycles. The first-order chi connectivity index (χ1) is 13.8. The normalized spacial score (nSPS) is 25.3. The van der Waals surface area contributed by atoms with Crippen molar-refractivity contribution in [1.29, 1.82) is 0 Å². The second-order valence-corrected chi connectivity index (χ2v) is 8.97. The van der Waals surface area contributed by atoms with Crippen LogP contribution in [0, 0.1) is 5.41 Å². The van der Waals surface area contributed by atoms with Crippen molar-refractivity contribution in [3.05, 3.63) is 30.0 Å². The van der Waals surface area contributed by atoms with Crippen molar-refractivity contribution < 1.29 is 19.1 Å². The van der Waals surface area contributed by atoms with Gasteiger partial charge in [-0.3, -0.25) is 9.78 Å². The number of nitrogens with two attached hydrogens (primary N) is 1. The highest BCUT2D eigenvalue weighted by atomic mass is 16.6. The molecule has 1 aromatic heterocycles. The Kier molecular flexibility index (Phi) is 3.88. The molecule has 8 nitrogen and oxygen atoms in total. The summed E-state index contributed by atoms with van der Waals surface area (Å²) >= 11 is 0. The number of benzene rings is 1. The smallest absolute Gasteiger partial charge is 0.407 e. The van der Waals surface area contributed by atoms with Gasteiger partial charge >= 0.3 is 6.09 Å². The summed E-state index contributed by atoms with van der Waals surface area (Å²) in [6, 6.07) is 5.49. The van der Waals surface area contributed by atoms with E-state index in [9.17, 15) is 9.59 Å². The van der Waals surface area contributed by atoms with Crippen LogP contribution in [0.2, 0.25) is 0 Å². The Morgan fingerprint density at radius 2 is 2.14 bits per heavy atom. The molecule has 2 atom stereocenters. The van der Waals surface area contributed by atoms with E-state index in [0.717, 1.165) is 23.9 Å². The van der Waals surface area contributed by atoms with Gasteiger partial charge in [-0.1, -0.05) is 13.8 Å². The zero-order chi connectivity index (χ0) is 20.3. The Labute approximate surface area is 168 Å². The Balaban J connectivity index is 1.50. The summed E-state index contributed by atoms with van der Waals surface area (Å²) in [5.41, 5.74) is 7.88. The first kappa shape index (κ1) is 18.0. The van der Waals surface area contributed by atoms with Crippen molar-refractivity contribution >= 4 is 28.6 Å². The maximum absolute atomic E-state index is 12.0. The van der Waals surface area contributed by atoms with Gasteiger partial charge in [-0.25, -0.2) is 4.79 Å². The molecule has 0 unspecified atom stereocenters. The van der Waals surface area contributed by atoms with E-state index in [2.05, 4.69) is 29.0 Å². The number of carbonyl (C=O) groups is 2. The minimum Gasteiger partial charge on any atom is -0.490 e. The number of carbonyl (C=O) groups excluding carboxylic acids is 2. The molecule has 8 heteroatoms. The van der Waals surface area contributed by atoms with Crippen molar-refractivity contribution in [3.63, 3.8) is 0 Å². The van der Waals surface area contributed by atoms with Crippen LogP contribution in [0.15, 0.2) is 24.4 Å². The van der Waals surface area contributed by atoms with Gasteiger partial charge in [0, 0.05) is 23.8 Å². The lowest BCUT2D eigenvalue weighted by atomic mass is 9.70. The van der Waals surface area contributed by atoms with Gasteiger partial charge in [0.05, 0.1) is 29.8 Å². The molecule has 29 heavy (non-hydrogen) atoms. The summed E-state index contributed by atoms with van der Waals surface area (Å²) in [6.07, 6.45) is 3.15. The number of primary amides is 1. The van der Waals surface area contributed by atoms with Crippen molar-refractivity contribution in [1.82, 2.24) is 10.3 Å².